The fraction of sp³-hybridized carbons (Fsp3) is 0.562. The number of benzene rings is 1. The maximum Gasteiger partial charge on any atom is 0.147 e. The molecule has 1 aliphatic rings. The third kappa shape index (κ3) is 2.71. The Morgan fingerprint density at radius 3 is 2.55 bits per heavy atom. The molecule has 1 heterocycles. The predicted octanol–water partition coefficient (Wildman–Crippen LogP) is 4.33. The molecular weight excluding hydrogens is 272 g/mol. The van der Waals surface area contributed by atoms with Crippen LogP contribution < -0.4 is 9.64 Å². The molecule has 1 fully saturated rings. The van der Waals surface area contributed by atoms with Gasteiger partial charge in [-0.3, -0.25) is 0 Å². The molecule has 1 aliphatic heterocycles. The van der Waals surface area contributed by atoms with Gasteiger partial charge in [0.2, 0.25) is 0 Å². The largest absolute Gasteiger partial charge is 0.491 e. The lowest BCUT2D eigenvalue weighted by atomic mass is 9.98. The van der Waals surface area contributed by atoms with E-state index < -0.39 is 0 Å². The Labute approximate surface area is 126 Å². The van der Waals surface area contributed by atoms with Gasteiger partial charge in [-0.15, -0.1) is 0 Å². The number of nitriles is 1. The van der Waals surface area contributed by atoms with E-state index in [1.54, 1.807) is 0 Å². The lowest BCUT2D eigenvalue weighted by molar-refractivity contribution is 0.335. The van der Waals surface area contributed by atoms with Crippen molar-refractivity contribution in [3.8, 4) is 11.8 Å². The van der Waals surface area contributed by atoms with Crippen molar-refractivity contribution >= 4 is 17.3 Å². The Morgan fingerprint density at radius 2 is 2.05 bits per heavy atom. The van der Waals surface area contributed by atoms with Gasteiger partial charge >= 0.3 is 0 Å². The number of anilines is 1. The first-order chi connectivity index (χ1) is 9.60. The van der Waals surface area contributed by atoms with Gasteiger partial charge in [-0.05, 0) is 31.7 Å². The van der Waals surface area contributed by atoms with Crippen LogP contribution in [0.15, 0.2) is 6.07 Å². The summed E-state index contributed by atoms with van der Waals surface area (Å²) in [6, 6.07) is 4.14. The van der Waals surface area contributed by atoms with Crippen LogP contribution in [0.4, 0.5) is 5.69 Å². The van der Waals surface area contributed by atoms with E-state index >= 15 is 0 Å². The van der Waals surface area contributed by atoms with Crippen LogP contribution in [0.3, 0.4) is 0 Å². The molecule has 2 rings (SSSR count). The van der Waals surface area contributed by atoms with Crippen molar-refractivity contribution < 1.29 is 4.74 Å². The summed E-state index contributed by atoms with van der Waals surface area (Å²) in [5.74, 6) is 1.15. The number of ether oxygens (including phenoxy) is 1. The van der Waals surface area contributed by atoms with E-state index in [0.717, 1.165) is 42.9 Å². The van der Waals surface area contributed by atoms with Crippen LogP contribution in [-0.4, -0.2) is 19.7 Å². The van der Waals surface area contributed by atoms with Crippen molar-refractivity contribution in [2.45, 2.75) is 39.5 Å². The normalized spacial score (nSPS) is 14.7. The minimum absolute atomic E-state index is 0.308. The van der Waals surface area contributed by atoms with Crippen LogP contribution in [0.1, 0.15) is 50.7 Å². The molecule has 0 aliphatic carbocycles. The van der Waals surface area contributed by atoms with Crippen LogP contribution in [0, 0.1) is 11.3 Å². The van der Waals surface area contributed by atoms with Crippen molar-refractivity contribution in [2.75, 3.05) is 24.6 Å². The second kappa shape index (κ2) is 6.37. The minimum Gasteiger partial charge on any atom is -0.491 e. The number of hydrogen-bond acceptors (Lipinski definition) is 3. The molecule has 0 spiro atoms. The molecule has 0 bridgehead atoms. The molecule has 1 saturated heterocycles. The second-order valence-corrected chi connectivity index (χ2v) is 5.80. The van der Waals surface area contributed by atoms with Crippen LogP contribution in [0.25, 0.3) is 0 Å². The van der Waals surface area contributed by atoms with Gasteiger partial charge in [0.1, 0.15) is 11.8 Å². The highest BCUT2D eigenvalue weighted by molar-refractivity contribution is 6.32. The zero-order valence-electron chi connectivity index (χ0n) is 12.4. The quantitative estimate of drug-likeness (QED) is 0.828. The summed E-state index contributed by atoms with van der Waals surface area (Å²) in [6.45, 7) is 8.73. The number of halogens is 1. The molecule has 20 heavy (non-hydrogen) atoms. The number of rotatable bonds is 4. The third-order valence-corrected chi connectivity index (χ3v) is 3.98. The van der Waals surface area contributed by atoms with Gasteiger partial charge in [0.05, 0.1) is 22.9 Å². The molecule has 0 N–H and O–H groups in total. The van der Waals surface area contributed by atoms with Crippen LogP contribution >= 0.6 is 11.6 Å². The Kier molecular flexibility index (Phi) is 4.77. The zero-order chi connectivity index (χ0) is 14.7. The second-order valence-electron chi connectivity index (χ2n) is 5.39. The van der Waals surface area contributed by atoms with Gasteiger partial charge in [0.15, 0.2) is 0 Å². The number of nitrogens with zero attached hydrogens (tertiary/aromatic N) is 2. The molecule has 0 saturated carbocycles. The molecule has 3 nitrogen and oxygen atoms in total. The fourth-order valence-electron chi connectivity index (χ4n) is 2.71. The first-order valence-electron chi connectivity index (χ1n) is 7.24. The lowest BCUT2D eigenvalue weighted by Gasteiger charge is -2.26. The summed E-state index contributed by atoms with van der Waals surface area (Å²) in [5.41, 5.74) is 2.52. The van der Waals surface area contributed by atoms with E-state index in [4.69, 9.17) is 16.3 Å². The highest BCUT2D eigenvalue weighted by atomic mass is 35.5. The molecule has 108 valence electrons. The van der Waals surface area contributed by atoms with Crippen LogP contribution in [0.2, 0.25) is 5.02 Å². The lowest BCUT2D eigenvalue weighted by Crippen LogP contribution is -2.21. The maximum atomic E-state index is 9.47. The van der Waals surface area contributed by atoms with Crippen molar-refractivity contribution in [1.29, 1.82) is 5.26 Å². The Hall–Kier alpha value is -1.40. The van der Waals surface area contributed by atoms with E-state index in [-0.39, 0.29) is 0 Å². The summed E-state index contributed by atoms with van der Waals surface area (Å²) in [4.78, 5) is 2.24. The van der Waals surface area contributed by atoms with Crippen molar-refractivity contribution in [3.63, 3.8) is 0 Å². The van der Waals surface area contributed by atoms with Crippen molar-refractivity contribution in [1.82, 2.24) is 0 Å². The topological polar surface area (TPSA) is 36.3 Å². The summed E-state index contributed by atoms with van der Waals surface area (Å²) in [7, 11) is 0. The molecule has 0 aromatic heterocycles. The average molecular weight is 293 g/mol. The van der Waals surface area contributed by atoms with Gasteiger partial charge in [-0.25, -0.2) is 0 Å². The fourth-order valence-corrected chi connectivity index (χ4v) is 2.96. The van der Waals surface area contributed by atoms with E-state index in [1.165, 1.54) is 0 Å². The van der Waals surface area contributed by atoms with Gasteiger partial charge in [-0.2, -0.15) is 5.26 Å². The van der Waals surface area contributed by atoms with Crippen molar-refractivity contribution in [3.05, 3.63) is 22.2 Å². The smallest absolute Gasteiger partial charge is 0.147 e. The summed E-state index contributed by atoms with van der Waals surface area (Å²) in [6.07, 6.45) is 2.31. The molecule has 4 heteroatoms. The molecule has 0 atom stereocenters. The first kappa shape index (κ1) is 15.0. The standard InChI is InChI=1S/C16H21ClN2O/c1-4-20-16-12(11(2)3)9-14(17)13(10-18)15(16)19-7-5-6-8-19/h9,11H,4-8H2,1-3H3. The van der Waals surface area contributed by atoms with Gasteiger partial charge < -0.3 is 9.64 Å². The van der Waals surface area contributed by atoms with Crippen LogP contribution in [0.5, 0.6) is 5.75 Å². The summed E-state index contributed by atoms with van der Waals surface area (Å²) >= 11 is 6.32. The first-order valence-corrected chi connectivity index (χ1v) is 7.62. The van der Waals surface area contributed by atoms with E-state index in [2.05, 4.69) is 24.8 Å². The summed E-state index contributed by atoms with van der Waals surface area (Å²) < 4.78 is 5.89. The Balaban J connectivity index is 2.67. The predicted molar refractivity (Wildman–Crippen MR) is 82.9 cm³/mol. The van der Waals surface area contributed by atoms with Crippen molar-refractivity contribution in [2.24, 2.45) is 0 Å². The highest BCUT2D eigenvalue weighted by Gasteiger charge is 2.26. The average Bonchev–Trinajstić information content (AvgIpc) is 2.93. The Bertz CT molecular complexity index is 528. The molecule has 0 unspecified atom stereocenters. The molecule has 0 radical (unpaired) electrons. The maximum absolute atomic E-state index is 9.47. The van der Waals surface area contributed by atoms with Crippen LogP contribution in [-0.2, 0) is 0 Å². The number of hydrogen-bond donors (Lipinski definition) is 0. The molecular formula is C16H21ClN2O. The van der Waals surface area contributed by atoms with E-state index in [1.807, 2.05) is 13.0 Å². The van der Waals surface area contributed by atoms with Gasteiger partial charge in [0.25, 0.3) is 0 Å². The Morgan fingerprint density at radius 1 is 1.40 bits per heavy atom. The molecule has 1 aromatic carbocycles. The molecule has 0 amide bonds. The van der Waals surface area contributed by atoms with Gasteiger partial charge in [0, 0.05) is 18.7 Å². The van der Waals surface area contributed by atoms with E-state index in [0.29, 0.717) is 23.1 Å². The molecule has 1 aromatic rings. The van der Waals surface area contributed by atoms with E-state index in [9.17, 15) is 5.26 Å². The minimum atomic E-state index is 0.308. The zero-order valence-corrected chi connectivity index (χ0v) is 13.1. The third-order valence-electron chi connectivity index (χ3n) is 3.68. The van der Waals surface area contributed by atoms with Gasteiger partial charge in [-0.1, -0.05) is 25.4 Å². The highest BCUT2D eigenvalue weighted by Crippen LogP contribution is 2.43. The monoisotopic (exact) mass is 292 g/mol. The SMILES string of the molecule is CCOc1c(C(C)C)cc(Cl)c(C#N)c1N1CCCC1. The summed E-state index contributed by atoms with van der Waals surface area (Å²) in [5, 5.41) is 9.99.